The number of sulfonamides is 1. The predicted molar refractivity (Wildman–Crippen MR) is 86.1 cm³/mol. The largest absolute Gasteiger partial charge is 0.388 e. The number of thioether (sulfide) groups is 1. The van der Waals surface area contributed by atoms with E-state index in [4.69, 9.17) is 0 Å². The molecule has 0 radical (unpaired) electrons. The molecule has 2 N–H and O–H groups in total. The fraction of sp³-hybridized carbons (Fsp3) is 0.571. The van der Waals surface area contributed by atoms with Crippen molar-refractivity contribution in [1.82, 2.24) is 4.72 Å². The van der Waals surface area contributed by atoms with E-state index in [1.807, 2.05) is 39.3 Å². The first kappa shape index (κ1) is 15.7. The molecule has 1 aromatic rings. The molecular weight excluding hydrogens is 292 g/mol. The van der Waals surface area contributed by atoms with Crippen LogP contribution in [0.3, 0.4) is 0 Å². The molecule has 1 aromatic carbocycles. The standard InChI is InChI=1S/C14H22N2O2S2/c1-10-7-12(15-3)8-11(2)13(10)20(17,18)16-9-14(19-4)5-6-14/h7-8,15-16H,5-6,9H2,1-4H3. The fourth-order valence-corrected chi connectivity index (χ4v) is 4.80. The lowest BCUT2D eigenvalue weighted by atomic mass is 10.1. The monoisotopic (exact) mass is 314 g/mol. The molecule has 0 bridgehead atoms. The van der Waals surface area contributed by atoms with Gasteiger partial charge < -0.3 is 5.32 Å². The van der Waals surface area contributed by atoms with Gasteiger partial charge in [-0.05, 0) is 56.2 Å². The molecule has 20 heavy (non-hydrogen) atoms. The van der Waals surface area contributed by atoms with Crippen LogP contribution in [0.4, 0.5) is 5.69 Å². The Bertz CT molecular complexity index is 585. The summed E-state index contributed by atoms with van der Waals surface area (Å²) in [6, 6.07) is 3.73. The second-order valence-electron chi connectivity index (χ2n) is 5.40. The van der Waals surface area contributed by atoms with Gasteiger partial charge in [0.25, 0.3) is 0 Å². The van der Waals surface area contributed by atoms with Crippen LogP contribution in [0, 0.1) is 13.8 Å². The summed E-state index contributed by atoms with van der Waals surface area (Å²) < 4.78 is 28.0. The Balaban J connectivity index is 2.25. The topological polar surface area (TPSA) is 58.2 Å². The van der Waals surface area contributed by atoms with E-state index in [-0.39, 0.29) is 4.75 Å². The molecule has 2 rings (SSSR count). The van der Waals surface area contributed by atoms with Gasteiger partial charge in [0.05, 0.1) is 4.90 Å². The molecule has 1 fully saturated rings. The highest BCUT2D eigenvalue weighted by Crippen LogP contribution is 2.46. The van der Waals surface area contributed by atoms with Gasteiger partial charge in [0.15, 0.2) is 0 Å². The maximum absolute atomic E-state index is 12.5. The average molecular weight is 314 g/mol. The highest BCUT2D eigenvalue weighted by atomic mass is 32.2. The van der Waals surface area contributed by atoms with Crippen LogP contribution < -0.4 is 10.0 Å². The molecular formula is C14H22N2O2S2. The fourth-order valence-electron chi connectivity index (χ4n) is 2.41. The van der Waals surface area contributed by atoms with Crippen molar-refractivity contribution in [2.45, 2.75) is 36.3 Å². The SMILES string of the molecule is CNc1cc(C)c(S(=O)(=O)NCC2(SC)CC2)c(C)c1. The zero-order valence-corrected chi connectivity index (χ0v) is 14.0. The van der Waals surface area contributed by atoms with E-state index in [0.29, 0.717) is 11.4 Å². The van der Waals surface area contributed by atoms with Crippen LogP contribution in [0.5, 0.6) is 0 Å². The molecule has 0 spiro atoms. The molecule has 0 heterocycles. The van der Waals surface area contributed by atoms with Crippen LogP contribution in [-0.2, 0) is 10.0 Å². The lowest BCUT2D eigenvalue weighted by molar-refractivity contribution is 0.578. The van der Waals surface area contributed by atoms with E-state index < -0.39 is 10.0 Å². The lowest BCUT2D eigenvalue weighted by Crippen LogP contribution is -2.32. The minimum Gasteiger partial charge on any atom is -0.388 e. The molecule has 0 saturated heterocycles. The summed E-state index contributed by atoms with van der Waals surface area (Å²) in [7, 11) is -1.61. The van der Waals surface area contributed by atoms with Gasteiger partial charge in [-0.15, -0.1) is 0 Å². The number of rotatable bonds is 6. The number of hydrogen-bond acceptors (Lipinski definition) is 4. The molecule has 1 aliphatic rings. The van der Waals surface area contributed by atoms with E-state index in [9.17, 15) is 8.42 Å². The van der Waals surface area contributed by atoms with Gasteiger partial charge in [-0.3, -0.25) is 0 Å². The summed E-state index contributed by atoms with van der Waals surface area (Å²) in [4.78, 5) is 0.411. The van der Waals surface area contributed by atoms with E-state index in [0.717, 1.165) is 29.7 Å². The third-order valence-electron chi connectivity index (χ3n) is 3.84. The van der Waals surface area contributed by atoms with Crippen molar-refractivity contribution in [3.8, 4) is 0 Å². The van der Waals surface area contributed by atoms with E-state index in [2.05, 4.69) is 10.0 Å². The zero-order chi connectivity index (χ0) is 15.0. The van der Waals surface area contributed by atoms with Crippen LogP contribution in [0.1, 0.15) is 24.0 Å². The Morgan fingerprint density at radius 3 is 2.20 bits per heavy atom. The van der Waals surface area contributed by atoms with Crippen LogP contribution >= 0.6 is 11.8 Å². The van der Waals surface area contributed by atoms with Crippen molar-refractivity contribution in [2.75, 3.05) is 25.2 Å². The van der Waals surface area contributed by atoms with Crippen molar-refractivity contribution < 1.29 is 8.42 Å². The normalized spacial score (nSPS) is 17.0. The van der Waals surface area contributed by atoms with Crippen molar-refractivity contribution in [3.63, 3.8) is 0 Å². The summed E-state index contributed by atoms with van der Waals surface area (Å²) in [5.41, 5.74) is 2.48. The molecule has 0 unspecified atom stereocenters. The third kappa shape index (κ3) is 3.13. The van der Waals surface area contributed by atoms with E-state index in [1.165, 1.54) is 0 Å². The van der Waals surface area contributed by atoms with Gasteiger partial charge in [-0.2, -0.15) is 11.8 Å². The minimum absolute atomic E-state index is 0.125. The highest BCUT2D eigenvalue weighted by molar-refractivity contribution is 8.00. The van der Waals surface area contributed by atoms with Crippen molar-refractivity contribution in [1.29, 1.82) is 0 Å². The second-order valence-corrected chi connectivity index (χ2v) is 8.38. The number of anilines is 1. The molecule has 0 atom stereocenters. The summed E-state index contributed by atoms with van der Waals surface area (Å²) in [6.07, 6.45) is 4.22. The summed E-state index contributed by atoms with van der Waals surface area (Å²) >= 11 is 1.75. The van der Waals surface area contributed by atoms with Crippen LogP contribution in [0.15, 0.2) is 17.0 Å². The van der Waals surface area contributed by atoms with E-state index in [1.54, 1.807) is 11.8 Å². The smallest absolute Gasteiger partial charge is 0.241 e. The minimum atomic E-state index is -3.44. The number of aryl methyl sites for hydroxylation is 2. The molecule has 1 saturated carbocycles. The number of nitrogens with one attached hydrogen (secondary N) is 2. The first-order valence-electron chi connectivity index (χ1n) is 6.67. The number of benzene rings is 1. The molecule has 6 heteroatoms. The Labute approximate surface area is 125 Å². The first-order chi connectivity index (χ1) is 9.33. The summed E-state index contributed by atoms with van der Waals surface area (Å²) in [5, 5.41) is 3.04. The van der Waals surface area contributed by atoms with Crippen LogP contribution in [-0.4, -0.2) is 33.0 Å². The molecule has 4 nitrogen and oxygen atoms in total. The molecule has 1 aliphatic carbocycles. The Morgan fingerprint density at radius 1 is 1.25 bits per heavy atom. The Morgan fingerprint density at radius 2 is 1.80 bits per heavy atom. The summed E-state index contributed by atoms with van der Waals surface area (Å²) in [5.74, 6) is 0. The van der Waals surface area contributed by atoms with Crippen molar-refractivity contribution >= 4 is 27.5 Å². The van der Waals surface area contributed by atoms with Gasteiger partial charge in [0.1, 0.15) is 0 Å². The Hall–Kier alpha value is -0.720. The van der Waals surface area contributed by atoms with Crippen molar-refractivity contribution in [3.05, 3.63) is 23.3 Å². The van der Waals surface area contributed by atoms with Gasteiger partial charge in [0.2, 0.25) is 10.0 Å². The van der Waals surface area contributed by atoms with Gasteiger partial charge >= 0.3 is 0 Å². The second kappa shape index (κ2) is 5.58. The first-order valence-corrected chi connectivity index (χ1v) is 9.38. The van der Waals surface area contributed by atoms with E-state index >= 15 is 0 Å². The summed E-state index contributed by atoms with van der Waals surface area (Å²) in [6.45, 7) is 4.19. The molecule has 0 amide bonds. The maximum Gasteiger partial charge on any atom is 0.241 e. The van der Waals surface area contributed by atoms with Crippen LogP contribution in [0.25, 0.3) is 0 Å². The zero-order valence-electron chi connectivity index (χ0n) is 12.4. The lowest BCUT2D eigenvalue weighted by Gasteiger charge is -2.17. The van der Waals surface area contributed by atoms with Crippen molar-refractivity contribution in [2.24, 2.45) is 0 Å². The third-order valence-corrected chi connectivity index (χ3v) is 6.97. The van der Waals surface area contributed by atoms with Crippen LogP contribution in [0.2, 0.25) is 0 Å². The molecule has 0 aromatic heterocycles. The van der Waals surface area contributed by atoms with Gasteiger partial charge in [-0.25, -0.2) is 13.1 Å². The molecule has 112 valence electrons. The maximum atomic E-state index is 12.5. The predicted octanol–water partition coefficient (Wildman–Crippen LogP) is 2.52. The number of hydrogen-bond donors (Lipinski definition) is 2. The quantitative estimate of drug-likeness (QED) is 0.847. The molecule has 0 aliphatic heterocycles. The van der Waals surface area contributed by atoms with Gasteiger partial charge in [-0.1, -0.05) is 0 Å². The Kier molecular flexibility index (Phi) is 4.37. The highest BCUT2D eigenvalue weighted by Gasteiger charge is 2.42. The average Bonchev–Trinajstić information content (AvgIpc) is 3.16. The van der Waals surface area contributed by atoms with Gasteiger partial charge in [0, 0.05) is 24.0 Å².